The first-order chi connectivity index (χ1) is 8.54. The first kappa shape index (κ1) is 13.4. The third-order valence-electron chi connectivity index (χ3n) is 3.41. The fourth-order valence-electron chi connectivity index (χ4n) is 2.66. The molecule has 2 rings (SSSR count). The maximum atomic E-state index is 3.76. The zero-order valence-electron chi connectivity index (χ0n) is 11.9. The summed E-state index contributed by atoms with van der Waals surface area (Å²) in [6.07, 6.45) is 7.57. The van der Waals surface area contributed by atoms with E-state index in [1.165, 1.54) is 31.2 Å². The van der Waals surface area contributed by atoms with Crippen LogP contribution in [0, 0.1) is 0 Å². The lowest BCUT2D eigenvalue weighted by atomic mass is 9.87. The molecule has 18 heavy (non-hydrogen) atoms. The molecule has 0 aliphatic heterocycles. The number of hydrogen-bond donors (Lipinski definition) is 1. The largest absolute Gasteiger partial charge is 0.306 e. The van der Waals surface area contributed by atoms with Gasteiger partial charge >= 0.3 is 0 Å². The van der Waals surface area contributed by atoms with Crippen LogP contribution in [-0.2, 0) is 0 Å². The minimum Gasteiger partial charge on any atom is -0.306 e. The van der Waals surface area contributed by atoms with E-state index in [9.17, 15) is 0 Å². The van der Waals surface area contributed by atoms with E-state index in [1.54, 1.807) is 5.57 Å². The van der Waals surface area contributed by atoms with Crippen molar-refractivity contribution in [1.82, 2.24) is 5.32 Å². The SMILES string of the molecule is CC(C)(C)NC1CCCCC1=Cc1ccccc1. The van der Waals surface area contributed by atoms with Crippen LogP contribution in [0.4, 0.5) is 0 Å². The smallest absolute Gasteiger partial charge is 0.0287 e. The number of nitrogens with one attached hydrogen (secondary N) is 1. The van der Waals surface area contributed by atoms with E-state index in [0.29, 0.717) is 6.04 Å². The van der Waals surface area contributed by atoms with Crippen molar-refractivity contribution >= 4 is 6.08 Å². The summed E-state index contributed by atoms with van der Waals surface area (Å²) >= 11 is 0. The summed E-state index contributed by atoms with van der Waals surface area (Å²) in [5.41, 5.74) is 3.09. The minimum absolute atomic E-state index is 0.192. The van der Waals surface area contributed by atoms with Gasteiger partial charge in [0.05, 0.1) is 0 Å². The second-order valence-corrected chi connectivity index (χ2v) is 6.32. The Labute approximate surface area is 111 Å². The fraction of sp³-hybridized carbons (Fsp3) is 0.529. The molecule has 1 aliphatic rings. The van der Waals surface area contributed by atoms with Crippen molar-refractivity contribution in [3.63, 3.8) is 0 Å². The predicted octanol–water partition coefficient (Wildman–Crippen LogP) is 4.40. The van der Waals surface area contributed by atoms with Gasteiger partial charge in [-0.25, -0.2) is 0 Å². The molecule has 1 aromatic rings. The van der Waals surface area contributed by atoms with Crippen molar-refractivity contribution in [2.45, 2.75) is 58.0 Å². The molecule has 1 fully saturated rings. The zero-order valence-corrected chi connectivity index (χ0v) is 11.9. The van der Waals surface area contributed by atoms with Gasteiger partial charge in [-0.1, -0.05) is 48.4 Å². The van der Waals surface area contributed by atoms with Crippen LogP contribution in [0.3, 0.4) is 0 Å². The standard InChI is InChI=1S/C17H25N/c1-17(2,3)18-16-12-8-7-11-15(16)13-14-9-5-4-6-10-14/h4-6,9-10,13,16,18H,7-8,11-12H2,1-3H3. The first-order valence-corrected chi connectivity index (χ1v) is 7.08. The predicted molar refractivity (Wildman–Crippen MR) is 79.6 cm³/mol. The summed E-state index contributed by atoms with van der Waals surface area (Å²) in [5, 5.41) is 3.76. The summed E-state index contributed by atoms with van der Waals surface area (Å²) in [4.78, 5) is 0. The molecule has 1 heteroatoms. The van der Waals surface area contributed by atoms with Gasteiger partial charge in [-0.3, -0.25) is 0 Å². The first-order valence-electron chi connectivity index (χ1n) is 7.08. The van der Waals surface area contributed by atoms with Crippen LogP contribution >= 0.6 is 0 Å². The van der Waals surface area contributed by atoms with Gasteiger partial charge in [0.15, 0.2) is 0 Å². The van der Waals surface area contributed by atoms with Gasteiger partial charge in [0.25, 0.3) is 0 Å². The minimum atomic E-state index is 0.192. The average molecular weight is 243 g/mol. The molecule has 1 aromatic carbocycles. The van der Waals surface area contributed by atoms with Crippen molar-refractivity contribution in [3.8, 4) is 0 Å². The highest BCUT2D eigenvalue weighted by molar-refractivity contribution is 5.54. The normalized spacial score (nSPS) is 23.3. The second kappa shape index (κ2) is 5.71. The zero-order chi connectivity index (χ0) is 13.0. The molecular formula is C17H25N. The number of hydrogen-bond acceptors (Lipinski definition) is 1. The Balaban J connectivity index is 2.15. The molecule has 0 saturated heterocycles. The molecule has 0 spiro atoms. The maximum Gasteiger partial charge on any atom is 0.0287 e. The fourth-order valence-corrected chi connectivity index (χ4v) is 2.66. The summed E-state index contributed by atoms with van der Waals surface area (Å²) in [5.74, 6) is 0. The van der Waals surface area contributed by atoms with Gasteiger partial charge < -0.3 is 5.32 Å². The summed E-state index contributed by atoms with van der Waals surface area (Å²) in [6, 6.07) is 11.2. The highest BCUT2D eigenvalue weighted by Gasteiger charge is 2.23. The van der Waals surface area contributed by atoms with Gasteiger partial charge in [-0.15, -0.1) is 0 Å². The highest BCUT2D eigenvalue weighted by atomic mass is 15.0. The van der Waals surface area contributed by atoms with Crippen LogP contribution in [0.5, 0.6) is 0 Å². The van der Waals surface area contributed by atoms with E-state index in [-0.39, 0.29) is 5.54 Å². The van der Waals surface area contributed by atoms with E-state index < -0.39 is 0 Å². The molecule has 98 valence electrons. The number of benzene rings is 1. The Hall–Kier alpha value is -1.08. The Bertz CT molecular complexity index is 397. The van der Waals surface area contributed by atoms with E-state index >= 15 is 0 Å². The van der Waals surface area contributed by atoms with E-state index in [0.717, 1.165) is 0 Å². The molecule has 0 bridgehead atoms. The highest BCUT2D eigenvalue weighted by Crippen LogP contribution is 2.27. The Morgan fingerprint density at radius 2 is 1.83 bits per heavy atom. The van der Waals surface area contributed by atoms with E-state index in [4.69, 9.17) is 0 Å². The Morgan fingerprint density at radius 3 is 2.50 bits per heavy atom. The molecule has 1 aliphatic carbocycles. The van der Waals surface area contributed by atoms with Crippen molar-refractivity contribution in [2.75, 3.05) is 0 Å². The maximum absolute atomic E-state index is 3.76. The Morgan fingerprint density at radius 1 is 1.11 bits per heavy atom. The Kier molecular flexibility index (Phi) is 4.23. The van der Waals surface area contributed by atoms with Gasteiger partial charge in [-0.05, 0) is 45.6 Å². The molecule has 0 aromatic heterocycles. The second-order valence-electron chi connectivity index (χ2n) is 6.32. The van der Waals surface area contributed by atoms with Crippen molar-refractivity contribution in [2.24, 2.45) is 0 Å². The molecule has 1 unspecified atom stereocenters. The summed E-state index contributed by atoms with van der Waals surface area (Å²) < 4.78 is 0. The molecule has 1 atom stereocenters. The van der Waals surface area contributed by atoms with Gasteiger partial charge in [-0.2, -0.15) is 0 Å². The van der Waals surface area contributed by atoms with Crippen molar-refractivity contribution in [3.05, 3.63) is 41.5 Å². The molecule has 0 radical (unpaired) electrons. The summed E-state index contributed by atoms with van der Waals surface area (Å²) in [6.45, 7) is 6.76. The van der Waals surface area contributed by atoms with Crippen LogP contribution in [0.25, 0.3) is 6.08 Å². The van der Waals surface area contributed by atoms with Gasteiger partial charge in [0.2, 0.25) is 0 Å². The topological polar surface area (TPSA) is 12.0 Å². The third-order valence-corrected chi connectivity index (χ3v) is 3.41. The molecule has 0 heterocycles. The van der Waals surface area contributed by atoms with Crippen LogP contribution in [0.15, 0.2) is 35.9 Å². The molecule has 0 amide bonds. The van der Waals surface area contributed by atoms with Crippen LogP contribution in [-0.4, -0.2) is 11.6 Å². The monoisotopic (exact) mass is 243 g/mol. The quantitative estimate of drug-likeness (QED) is 0.811. The van der Waals surface area contributed by atoms with Crippen molar-refractivity contribution < 1.29 is 0 Å². The van der Waals surface area contributed by atoms with Gasteiger partial charge in [0, 0.05) is 11.6 Å². The third kappa shape index (κ3) is 3.99. The van der Waals surface area contributed by atoms with Crippen LogP contribution < -0.4 is 5.32 Å². The van der Waals surface area contributed by atoms with Crippen molar-refractivity contribution in [1.29, 1.82) is 0 Å². The molecule has 1 N–H and O–H groups in total. The van der Waals surface area contributed by atoms with Crippen LogP contribution in [0.1, 0.15) is 52.0 Å². The lowest BCUT2D eigenvalue weighted by Crippen LogP contribution is -2.45. The van der Waals surface area contributed by atoms with E-state index in [1.807, 2.05) is 0 Å². The molecule has 1 nitrogen and oxygen atoms in total. The molecular weight excluding hydrogens is 218 g/mol. The van der Waals surface area contributed by atoms with E-state index in [2.05, 4.69) is 62.5 Å². The average Bonchev–Trinajstić information content (AvgIpc) is 2.31. The number of rotatable bonds is 2. The van der Waals surface area contributed by atoms with Crippen LogP contribution in [0.2, 0.25) is 0 Å². The summed E-state index contributed by atoms with van der Waals surface area (Å²) in [7, 11) is 0. The molecule has 1 saturated carbocycles. The van der Waals surface area contributed by atoms with Gasteiger partial charge in [0.1, 0.15) is 0 Å². The lowest BCUT2D eigenvalue weighted by molar-refractivity contribution is 0.345. The lowest BCUT2D eigenvalue weighted by Gasteiger charge is -2.33.